The summed E-state index contributed by atoms with van der Waals surface area (Å²) in [6.45, 7) is 3.48. The first-order valence-corrected chi connectivity index (χ1v) is 11.5. The number of rotatable bonds is 3. The van der Waals surface area contributed by atoms with Gasteiger partial charge in [-0.2, -0.15) is 5.10 Å². The first-order chi connectivity index (χ1) is 15.9. The highest BCUT2D eigenvalue weighted by Gasteiger charge is 2.33. The molecule has 164 valence electrons. The quantitative estimate of drug-likeness (QED) is 0.309. The molecule has 1 aromatic heterocycles. The normalized spacial score (nSPS) is 15.7. The Balaban J connectivity index is 1.73. The van der Waals surface area contributed by atoms with E-state index in [4.69, 9.17) is 10.1 Å². The Morgan fingerprint density at radius 1 is 1.03 bits per heavy atom. The number of aryl methyl sites for hydroxylation is 1. The Morgan fingerprint density at radius 2 is 1.76 bits per heavy atom. The lowest BCUT2D eigenvalue weighted by Gasteiger charge is -2.20. The summed E-state index contributed by atoms with van der Waals surface area (Å²) in [6, 6.07) is 22.2. The molecule has 4 aromatic rings. The number of carbonyl (C=O) groups excluding carboxylic acids is 1. The largest absolute Gasteiger partial charge is 0.273 e. The zero-order chi connectivity index (χ0) is 23.1. The summed E-state index contributed by atoms with van der Waals surface area (Å²) in [5, 5.41) is 7.28. The monoisotopic (exact) mass is 501 g/mol. The van der Waals surface area contributed by atoms with E-state index >= 15 is 0 Å². The van der Waals surface area contributed by atoms with Gasteiger partial charge in [-0.15, -0.1) is 0 Å². The van der Waals surface area contributed by atoms with Gasteiger partial charge in [0.05, 0.1) is 17.3 Å². The molecule has 1 aliphatic rings. The van der Waals surface area contributed by atoms with Gasteiger partial charge in [-0.1, -0.05) is 58.4 Å². The predicted molar refractivity (Wildman–Crippen MR) is 132 cm³/mol. The van der Waals surface area contributed by atoms with Crippen LogP contribution in [0, 0.1) is 12.7 Å². The number of pyridine rings is 1. The fourth-order valence-corrected chi connectivity index (χ4v) is 4.87. The number of hydrazone groups is 1. The highest BCUT2D eigenvalue weighted by atomic mass is 79.9. The van der Waals surface area contributed by atoms with Gasteiger partial charge in [-0.25, -0.2) is 9.40 Å². The highest BCUT2D eigenvalue weighted by molar-refractivity contribution is 9.10. The molecule has 0 saturated heterocycles. The second kappa shape index (κ2) is 8.52. The third kappa shape index (κ3) is 3.95. The van der Waals surface area contributed by atoms with Crippen molar-refractivity contribution >= 4 is 38.5 Å². The van der Waals surface area contributed by atoms with Crippen LogP contribution >= 0.6 is 15.9 Å². The van der Waals surface area contributed by atoms with Crippen molar-refractivity contribution in [1.82, 2.24) is 9.99 Å². The van der Waals surface area contributed by atoms with Gasteiger partial charge in [0.15, 0.2) is 0 Å². The maximum Gasteiger partial charge on any atom is 0.240 e. The molecule has 0 saturated carbocycles. The summed E-state index contributed by atoms with van der Waals surface area (Å²) in [7, 11) is 0. The summed E-state index contributed by atoms with van der Waals surface area (Å²) in [4.78, 5) is 17.4. The van der Waals surface area contributed by atoms with Crippen LogP contribution in [0.4, 0.5) is 4.39 Å². The summed E-state index contributed by atoms with van der Waals surface area (Å²) >= 11 is 3.60. The fraction of sp³-hybridized carbons (Fsp3) is 0.148. The lowest BCUT2D eigenvalue weighted by molar-refractivity contribution is -0.130. The molecule has 0 radical (unpaired) electrons. The topological polar surface area (TPSA) is 45.6 Å². The number of hydrogen-bond acceptors (Lipinski definition) is 3. The van der Waals surface area contributed by atoms with E-state index in [0.29, 0.717) is 6.42 Å². The van der Waals surface area contributed by atoms with Crippen molar-refractivity contribution in [2.75, 3.05) is 0 Å². The first kappa shape index (κ1) is 21.5. The van der Waals surface area contributed by atoms with Crippen molar-refractivity contribution in [1.29, 1.82) is 0 Å². The lowest BCUT2D eigenvalue weighted by atomic mass is 9.89. The van der Waals surface area contributed by atoms with Gasteiger partial charge in [-0.05, 0) is 48.4 Å². The van der Waals surface area contributed by atoms with Crippen LogP contribution in [-0.2, 0) is 4.79 Å². The molecule has 0 bridgehead atoms. The molecule has 0 unspecified atom stereocenters. The third-order valence-corrected chi connectivity index (χ3v) is 6.46. The van der Waals surface area contributed by atoms with Crippen molar-refractivity contribution in [2.45, 2.75) is 26.3 Å². The van der Waals surface area contributed by atoms with Crippen molar-refractivity contribution in [3.05, 3.63) is 99.9 Å². The minimum atomic E-state index is -0.307. The lowest BCUT2D eigenvalue weighted by Crippen LogP contribution is -2.24. The van der Waals surface area contributed by atoms with Gasteiger partial charge in [0, 0.05) is 40.0 Å². The van der Waals surface area contributed by atoms with E-state index < -0.39 is 0 Å². The predicted octanol–water partition coefficient (Wildman–Crippen LogP) is 6.81. The van der Waals surface area contributed by atoms with Crippen LogP contribution in [0.1, 0.15) is 36.2 Å². The summed E-state index contributed by atoms with van der Waals surface area (Å²) in [6.07, 6.45) is 0.521. The Labute approximate surface area is 199 Å². The number of amides is 1. The van der Waals surface area contributed by atoms with E-state index in [1.165, 1.54) is 24.1 Å². The zero-order valence-corrected chi connectivity index (χ0v) is 19.8. The molecule has 6 heteroatoms. The average molecular weight is 502 g/mol. The van der Waals surface area contributed by atoms with E-state index in [1.54, 1.807) is 12.1 Å². The summed E-state index contributed by atoms with van der Waals surface area (Å²) in [5.74, 6) is -0.464. The Kier molecular flexibility index (Phi) is 5.54. The molecule has 0 spiro atoms. The van der Waals surface area contributed by atoms with Gasteiger partial charge >= 0.3 is 0 Å². The number of carbonyl (C=O) groups is 1. The van der Waals surface area contributed by atoms with Crippen molar-refractivity contribution in [3.8, 4) is 11.1 Å². The second-order valence-electron chi connectivity index (χ2n) is 8.16. The first-order valence-electron chi connectivity index (χ1n) is 10.7. The molecule has 0 fully saturated rings. The van der Waals surface area contributed by atoms with Gasteiger partial charge in [0.1, 0.15) is 5.82 Å². The zero-order valence-electron chi connectivity index (χ0n) is 18.2. The van der Waals surface area contributed by atoms with Crippen molar-refractivity contribution < 1.29 is 9.18 Å². The molecule has 4 nitrogen and oxygen atoms in total. The van der Waals surface area contributed by atoms with Gasteiger partial charge in [0.2, 0.25) is 5.91 Å². The van der Waals surface area contributed by atoms with Crippen LogP contribution in [0.3, 0.4) is 0 Å². The Bertz CT molecular complexity index is 1400. The van der Waals surface area contributed by atoms with E-state index in [-0.39, 0.29) is 17.8 Å². The van der Waals surface area contributed by atoms with Gasteiger partial charge in [0.25, 0.3) is 0 Å². The highest BCUT2D eigenvalue weighted by Crippen LogP contribution is 2.39. The fourth-order valence-electron chi connectivity index (χ4n) is 4.51. The molecule has 1 atom stereocenters. The number of fused-ring (bicyclic) bond motifs is 1. The van der Waals surface area contributed by atoms with E-state index in [0.717, 1.165) is 49.0 Å². The maximum atomic E-state index is 13.5. The van der Waals surface area contributed by atoms with Crippen LogP contribution in [0.25, 0.3) is 22.0 Å². The van der Waals surface area contributed by atoms with E-state index in [1.807, 2.05) is 37.3 Å². The number of benzene rings is 3. The Hall–Kier alpha value is -3.38. The molecule has 0 N–H and O–H groups in total. The van der Waals surface area contributed by atoms with Crippen LogP contribution < -0.4 is 0 Å². The smallest absolute Gasteiger partial charge is 0.240 e. The average Bonchev–Trinajstić information content (AvgIpc) is 3.25. The molecular formula is C27H21BrFN3O. The SMILES string of the molecule is CC(=O)N1N=C(c2c(C)nc3ccc(Br)cc3c2-c2ccccc2)C[C@H]1c1ccc(F)cc1. The molecular weight excluding hydrogens is 481 g/mol. The summed E-state index contributed by atoms with van der Waals surface area (Å²) < 4.78 is 14.5. The molecule has 0 aliphatic carbocycles. The molecule has 1 amide bonds. The van der Waals surface area contributed by atoms with E-state index in [2.05, 4.69) is 34.1 Å². The minimum Gasteiger partial charge on any atom is -0.273 e. The second-order valence-corrected chi connectivity index (χ2v) is 9.07. The van der Waals surface area contributed by atoms with Gasteiger partial charge in [-0.3, -0.25) is 9.78 Å². The van der Waals surface area contributed by atoms with Crippen molar-refractivity contribution in [3.63, 3.8) is 0 Å². The number of hydrogen-bond donors (Lipinski definition) is 0. The van der Waals surface area contributed by atoms with Crippen LogP contribution in [0.5, 0.6) is 0 Å². The summed E-state index contributed by atoms with van der Waals surface area (Å²) in [5.41, 5.74) is 6.43. The van der Waals surface area contributed by atoms with Crippen LogP contribution in [0.2, 0.25) is 0 Å². The third-order valence-electron chi connectivity index (χ3n) is 5.97. The maximum absolute atomic E-state index is 13.5. The molecule has 2 heterocycles. The standard InChI is InChI=1S/C27H21BrFN3O/c1-16-26(24-15-25(32(31-24)17(2)33)18-8-11-21(29)12-9-18)27(19-6-4-3-5-7-19)22-14-20(28)10-13-23(22)30-16/h3-14,25H,15H2,1-2H3/t25-/m0/s1. The molecule has 1 aliphatic heterocycles. The van der Waals surface area contributed by atoms with Crippen molar-refractivity contribution in [2.24, 2.45) is 5.10 Å². The molecule has 33 heavy (non-hydrogen) atoms. The van der Waals surface area contributed by atoms with E-state index in [9.17, 15) is 9.18 Å². The van der Waals surface area contributed by atoms with Crippen LogP contribution in [0.15, 0.2) is 82.4 Å². The van der Waals surface area contributed by atoms with Gasteiger partial charge < -0.3 is 0 Å². The number of nitrogens with zero attached hydrogens (tertiary/aromatic N) is 3. The number of aromatic nitrogens is 1. The molecule has 3 aromatic carbocycles. The minimum absolute atomic E-state index is 0.158. The van der Waals surface area contributed by atoms with Crippen LogP contribution in [-0.4, -0.2) is 21.6 Å². The molecule has 5 rings (SSSR count). The number of halogens is 2. The Morgan fingerprint density at radius 3 is 2.45 bits per heavy atom.